The molecule has 1 aromatic heterocycles. The van der Waals surface area contributed by atoms with Crippen LogP contribution in [0.4, 0.5) is 10.2 Å². The molecule has 1 fully saturated rings. The van der Waals surface area contributed by atoms with Crippen molar-refractivity contribution in [2.45, 2.75) is 13.0 Å². The number of amides is 1. The summed E-state index contributed by atoms with van der Waals surface area (Å²) in [4.78, 5) is 27.3. The van der Waals surface area contributed by atoms with Crippen LogP contribution < -0.4 is 14.4 Å². The number of carbonyl (C=O) groups is 2. The number of benzene rings is 2. The molecule has 3 aromatic rings. The van der Waals surface area contributed by atoms with Gasteiger partial charge in [0.1, 0.15) is 23.4 Å². The number of ether oxygens (including phenoxy) is 2. The fraction of sp³-hybridized carbons (Fsp3) is 0.174. The second kappa shape index (κ2) is 8.18. The number of ketones is 1. The molecule has 1 aliphatic rings. The highest BCUT2D eigenvalue weighted by Gasteiger charge is 2.49. The van der Waals surface area contributed by atoms with Crippen LogP contribution in [0, 0.1) is 12.7 Å². The SMILES string of the molecule is COc1cccc(C2/C(=C(\O)c3ccc(F)cc3)C(=O)C(=O)N2c2cc(C)on2)c1OC. The topological polar surface area (TPSA) is 102 Å². The predicted octanol–water partition coefficient (Wildman–Crippen LogP) is 3.77. The number of halogens is 1. The standard InChI is InChI=1S/C23H19FN2O6/c1-12-11-17(25-32-12)26-19(15-5-4-6-16(30-2)22(15)31-3)18(21(28)23(26)29)20(27)13-7-9-14(24)10-8-13/h4-11,19,27H,1-3H3/b20-18+. The molecule has 0 spiro atoms. The summed E-state index contributed by atoms with van der Waals surface area (Å²) in [5.74, 6) is -1.63. The number of hydrogen-bond donors (Lipinski definition) is 1. The number of nitrogens with zero attached hydrogens (tertiary/aromatic N) is 2. The van der Waals surface area contributed by atoms with Crippen LogP contribution >= 0.6 is 0 Å². The summed E-state index contributed by atoms with van der Waals surface area (Å²) in [6, 6.07) is 10.3. The lowest BCUT2D eigenvalue weighted by atomic mass is 9.94. The smallest absolute Gasteiger partial charge is 0.301 e. The quantitative estimate of drug-likeness (QED) is 0.368. The molecule has 9 heteroatoms. The van der Waals surface area contributed by atoms with Crippen molar-refractivity contribution in [2.24, 2.45) is 0 Å². The van der Waals surface area contributed by atoms with E-state index in [0.29, 0.717) is 17.1 Å². The summed E-state index contributed by atoms with van der Waals surface area (Å²) < 4.78 is 29.4. The number of para-hydroxylation sites is 1. The molecule has 0 radical (unpaired) electrons. The van der Waals surface area contributed by atoms with Crippen molar-refractivity contribution < 1.29 is 33.1 Å². The number of aliphatic hydroxyl groups is 1. The van der Waals surface area contributed by atoms with Crippen molar-refractivity contribution in [3.05, 3.63) is 76.8 Å². The average molecular weight is 438 g/mol. The maximum Gasteiger partial charge on any atom is 0.301 e. The number of rotatable bonds is 5. The van der Waals surface area contributed by atoms with Crippen LogP contribution in [-0.4, -0.2) is 36.2 Å². The number of methoxy groups -OCH3 is 2. The van der Waals surface area contributed by atoms with Gasteiger partial charge in [0.2, 0.25) is 0 Å². The van der Waals surface area contributed by atoms with Crippen LogP contribution in [0.1, 0.15) is 22.9 Å². The molecule has 32 heavy (non-hydrogen) atoms. The third-order valence-corrected chi connectivity index (χ3v) is 5.15. The molecule has 1 atom stereocenters. The average Bonchev–Trinajstić information content (AvgIpc) is 3.33. The van der Waals surface area contributed by atoms with E-state index in [1.807, 2.05) is 0 Å². The van der Waals surface area contributed by atoms with Crippen LogP contribution in [0.25, 0.3) is 5.76 Å². The Morgan fingerprint density at radius 1 is 1.12 bits per heavy atom. The van der Waals surface area contributed by atoms with E-state index < -0.39 is 29.3 Å². The van der Waals surface area contributed by atoms with E-state index in [9.17, 15) is 19.1 Å². The summed E-state index contributed by atoms with van der Waals surface area (Å²) in [5.41, 5.74) is 0.358. The zero-order valence-electron chi connectivity index (χ0n) is 17.5. The van der Waals surface area contributed by atoms with Gasteiger partial charge in [-0.3, -0.25) is 14.5 Å². The maximum absolute atomic E-state index is 13.4. The first-order valence-corrected chi connectivity index (χ1v) is 9.58. The first-order valence-electron chi connectivity index (χ1n) is 9.58. The van der Waals surface area contributed by atoms with Crippen LogP contribution in [0.5, 0.6) is 11.5 Å². The third kappa shape index (κ3) is 3.37. The van der Waals surface area contributed by atoms with Crippen LogP contribution in [0.15, 0.2) is 58.6 Å². The van der Waals surface area contributed by atoms with E-state index in [0.717, 1.165) is 17.0 Å². The number of hydrogen-bond acceptors (Lipinski definition) is 7. The lowest BCUT2D eigenvalue weighted by Gasteiger charge is -2.25. The Labute approximate surface area is 182 Å². The highest BCUT2D eigenvalue weighted by molar-refractivity contribution is 6.51. The molecule has 1 saturated heterocycles. The summed E-state index contributed by atoms with van der Waals surface area (Å²) in [6.45, 7) is 1.65. The highest BCUT2D eigenvalue weighted by atomic mass is 19.1. The van der Waals surface area contributed by atoms with Crippen molar-refractivity contribution in [1.29, 1.82) is 0 Å². The normalized spacial score (nSPS) is 17.6. The Bertz CT molecular complexity index is 1230. The van der Waals surface area contributed by atoms with Gasteiger partial charge in [-0.2, -0.15) is 0 Å². The first-order chi connectivity index (χ1) is 15.4. The van der Waals surface area contributed by atoms with Gasteiger partial charge >= 0.3 is 5.91 Å². The monoisotopic (exact) mass is 438 g/mol. The van der Waals surface area contributed by atoms with Gasteiger partial charge in [0.25, 0.3) is 5.78 Å². The first kappa shape index (κ1) is 21.1. The molecule has 8 nitrogen and oxygen atoms in total. The van der Waals surface area contributed by atoms with Crippen LogP contribution in [0.2, 0.25) is 0 Å². The molecule has 1 amide bonds. The van der Waals surface area contributed by atoms with Crippen molar-refractivity contribution in [3.63, 3.8) is 0 Å². The largest absolute Gasteiger partial charge is 0.507 e. The van der Waals surface area contributed by atoms with E-state index in [-0.39, 0.29) is 22.7 Å². The number of aryl methyl sites for hydroxylation is 1. The predicted molar refractivity (Wildman–Crippen MR) is 112 cm³/mol. The van der Waals surface area contributed by atoms with Gasteiger partial charge in [-0.25, -0.2) is 4.39 Å². The molecule has 164 valence electrons. The lowest BCUT2D eigenvalue weighted by Crippen LogP contribution is -2.30. The van der Waals surface area contributed by atoms with Crippen LogP contribution in [-0.2, 0) is 9.59 Å². The van der Waals surface area contributed by atoms with E-state index in [1.54, 1.807) is 25.1 Å². The van der Waals surface area contributed by atoms with E-state index in [4.69, 9.17) is 14.0 Å². The number of aliphatic hydroxyl groups excluding tert-OH is 1. The molecule has 0 aliphatic carbocycles. The molecule has 0 saturated carbocycles. The van der Waals surface area contributed by atoms with Crippen LogP contribution in [0.3, 0.4) is 0 Å². The van der Waals surface area contributed by atoms with Crippen molar-refractivity contribution in [3.8, 4) is 11.5 Å². The third-order valence-electron chi connectivity index (χ3n) is 5.15. The van der Waals surface area contributed by atoms with E-state index in [1.165, 1.54) is 32.4 Å². The van der Waals surface area contributed by atoms with E-state index >= 15 is 0 Å². The second-order valence-electron chi connectivity index (χ2n) is 7.05. The number of Topliss-reactive ketones (excluding diaryl/α,β-unsaturated/α-hetero) is 1. The molecule has 2 heterocycles. The fourth-order valence-electron chi connectivity index (χ4n) is 3.72. The van der Waals surface area contributed by atoms with E-state index in [2.05, 4.69) is 5.16 Å². The fourth-order valence-corrected chi connectivity index (χ4v) is 3.72. The second-order valence-corrected chi connectivity index (χ2v) is 7.05. The molecule has 2 aromatic carbocycles. The molecule has 1 aliphatic heterocycles. The van der Waals surface area contributed by atoms with Gasteiger partial charge < -0.3 is 19.1 Å². The Kier molecular flexibility index (Phi) is 5.40. The number of carbonyl (C=O) groups excluding carboxylic acids is 2. The molecular weight excluding hydrogens is 419 g/mol. The maximum atomic E-state index is 13.4. The zero-order valence-corrected chi connectivity index (χ0v) is 17.5. The van der Waals surface area contributed by atoms with Gasteiger partial charge in [-0.1, -0.05) is 17.3 Å². The van der Waals surface area contributed by atoms with Gasteiger partial charge in [0, 0.05) is 17.2 Å². The number of anilines is 1. The minimum absolute atomic E-state index is 0.0950. The highest BCUT2D eigenvalue weighted by Crippen LogP contribution is 2.46. The molecule has 1 unspecified atom stereocenters. The Morgan fingerprint density at radius 3 is 2.44 bits per heavy atom. The van der Waals surface area contributed by atoms with Gasteiger partial charge in [-0.15, -0.1) is 0 Å². The van der Waals surface area contributed by atoms with Gasteiger partial charge in [0.05, 0.1) is 19.8 Å². The van der Waals surface area contributed by atoms with Crippen molar-refractivity contribution in [2.75, 3.05) is 19.1 Å². The Morgan fingerprint density at radius 2 is 1.84 bits per heavy atom. The summed E-state index contributed by atoms with van der Waals surface area (Å²) in [7, 11) is 2.88. The summed E-state index contributed by atoms with van der Waals surface area (Å²) >= 11 is 0. The minimum Gasteiger partial charge on any atom is -0.507 e. The Balaban J connectivity index is 2.01. The van der Waals surface area contributed by atoms with Crippen molar-refractivity contribution in [1.82, 2.24) is 5.16 Å². The molecule has 4 rings (SSSR count). The molecule has 0 bridgehead atoms. The van der Waals surface area contributed by atoms with Gasteiger partial charge in [0.15, 0.2) is 17.3 Å². The summed E-state index contributed by atoms with van der Waals surface area (Å²) in [5, 5.41) is 14.9. The zero-order chi connectivity index (χ0) is 23.0. The lowest BCUT2D eigenvalue weighted by molar-refractivity contribution is -0.132. The summed E-state index contributed by atoms with van der Waals surface area (Å²) in [6.07, 6.45) is 0. The van der Waals surface area contributed by atoms with Gasteiger partial charge in [-0.05, 0) is 37.3 Å². The number of aromatic nitrogens is 1. The molecular formula is C23H19FN2O6. The minimum atomic E-state index is -1.10. The van der Waals surface area contributed by atoms with Crippen molar-refractivity contribution >= 4 is 23.3 Å². The Hall–Kier alpha value is -4.14. The molecule has 1 N–H and O–H groups in total.